The Balaban J connectivity index is 2.26. The number of hydrogen-bond donors (Lipinski definition) is 0. The van der Waals surface area contributed by atoms with Crippen molar-refractivity contribution in [3.05, 3.63) is 16.1 Å². The van der Waals surface area contributed by atoms with Crippen LogP contribution in [0.2, 0.25) is 10.0 Å². The largest absolute Gasteiger partial charge is 0.476 e. The molecule has 0 aliphatic carbocycles. The van der Waals surface area contributed by atoms with Crippen LogP contribution in [0.3, 0.4) is 0 Å². The molecule has 0 aromatic heterocycles. The number of carbonyl (C=O) groups is 1. The van der Waals surface area contributed by atoms with Gasteiger partial charge in [0.25, 0.3) is 0 Å². The molecule has 2 rings (SSSR count). The van der Waals surface area contributed by atoms with E-state index in [9.17, 15) is 4.79 Å². The molecule has 1 aliphatic rings. The number of halogens is 2. The number of esters is 1. The van der Waals surface area contributed by atoms with Gasteiger partial charge in [-0.3, -0.25) is 0 Å². The molecule has 0 radical (unpaired) electrons. The lowest BCUT2D eigenvalue weighted by Gasteiger charge is -2.16. The van der Waals surface area contributed by atoms with E-state index in [4.69, 9.17) is 42.1 Å². The van der Waals surface area contributed by atoms with Crippen LogP contribution in [0.5, 0.6) is 17.2 Å². The van der Waals surface area contributed by atoms with Crippen LogP contribution in [0.15, 0.2) is 6.07 Å². The summed E-state index contributed by atoms with van der Waals surface area (Å²) in [5.41, 5.74) is 0. The van der Waals surface area contributed by atoms with Gasteiger partial charge in [-0.15, -0.1) is 0 Å². The maximum Gasteiger partial charge on any atom is 0.344 e. The van der Waals surface area contributed by atoms with Gasteiger partial charge in [-0.2, -0.15) is 0 Å². The Hall–Kier alpha value is -1.33. The van der Waals surface area contributed by atoms with Crippen LogP contribution < -0.4 is 14.2 Å². The van der Waals surface area contributed by atoms with Crippen LogP contribution >= 0.6 is 23.2 Å². The van der Waals surface area contributed by atoms with Crippen molar-refractivity contribution < 1.29 is 23.7 Å². The average Bonchev–Trinajstić information content (AvgIpc) is 2.65. The molecule has 0 fully saturated rings. The summed E-state index contributed by atoms with van der Waals surface area (Å²) in [6.07, 6.45) is 0. The minimum atomic E-state index is -0.876. The van der Waals surface area contributed by atoms with Crippen LogP contribution in [-0.4, -0.2) is 25.0 Å². The third-order valence-corrected chi connectivity index (χ3v) is 3.00. The van der Waals surface area contributed by atoms with E-state index >= 15 is 0 Å². The molecular formula is C13H14Cl2O5. The zero-order chi connectivity index (χ0) is 14.9. The fourth-order valence-corrected chi connectivity index (χ4v) is 2.27. The Bertz CT molecular complexity index is 542. The predicted molar refractivity (Wildman–Crippen MR) is 73.9 cm³/mol. The quantitative estimate of drug-likeness (QED) is 0.795. The average molecular weight is 321 g/mol. The number of carbonyl (C=O) groups excluding carboxylic acids is 1. The van der Waals surface area contributed by atoms with Crippen molar-refractivity contribution in [1.82, 2.24) is 0 Å². The molecule has 1 aromatic rings. The van der Waals surface area contributed by atoms with Crippen LogP contribution in [0.4, 0.5) is 0 Å². The number of ether oxygens (including phenoxy) is 4. The van der Waals surface area contributed by atoms with Gasteiger partial charge in [0.05, 0.1) is 16.7 Å². The van der Waals surface area contributed by atoms with E-state index in [1.165, 1.54) is 6.07 Å². The highest BCUT2D eigenvalue weighted by molar-refractivity contribution is 6.37. The van der Waals surface area contributed by atoms with Crippen molar-refractivity contribution in [3.63, 3.8) is 0 Å². The van der Waals surface area contributed by atoms with Gasteiger partial charge < -0.3 is 18.9 Å². The molecule has 20 heavy (non-hydrogen) atoms. The third-order valence-electron chi connectivity index (χ3n) is 2.44. The second-order valence-electron chi connectivity index (χ2n) is 4.53. The van der Waals surface area contributed by atoms with Crippen molar-refractivity contribution in [1.29, 1.82) is 0 Å². The molecule has 1 aliphatic heterocycles. The van der Waals surface area contributed by atoms with Crippen LogP contribution in [0, 0.1) is 0 Å². The summed E-state index contributed by atoms with van der Waals surface area (Å²) in [6, 6.07) is 1.48. The molecule has 0 atom stereocenters. The summed E-state index contributed by atoms with van der Waals surface area (Å²) < 4.78 is 21.3. The fourth-order valence-electron chi connectivity index (χ4n) is 1.73. The molecule has 0 saturated carbocycles. The molecule has 5 nitrogen and oxygen atoms in total. The Morgan fingerprint density at radius 2 is 1.90 bits per heavy atom. The Morgan fingerprint density at radius 3 is 2.55 bits per heavy atom. The Kier molecular flexibility index (Phi) is 4.20. The molecule has 0 saturated heterocycles. The molecule has 7 heteroatoms. The lowest BCUT2D eigenvalue weighted by atomic mass is 10.3. The van der Waals surface area contributed by atoms with Crippen LogP contribution in [-0.2, 0) is 9.53 Å². The van der Waals surface area contributed by atoms with E-state index in [0.29, 0.717) is 10.8 Å². The fraction of sp³-hybridized carbons (Fsp3) is 0.462. The van der Waals surface area contributed by atoms with Gasteiger partial charge in [0.1, 0.15) is 0 Å². The first-order valence-electron chi connectivity index (χ1n) is 6.02. The smallest absolute Gasteiger partial charge is 0.344 e. The van der Waals surface area contributed by atoms with Crippen LogP contribution in [0.25, 0.3) is 0 Å². The Labute approximate surface area is 126 Å². The molecule has 0 N–H and O–H groups in total. The summed E-state index contributed by atoms with van der Waals surface area (Å²) in [7, 11) is 0. The maximum absolute atomic E-state index is 11.3. The number of fused-ring (bicyclic) bond motifs is 1. The molecule has 0 amide bonds. The first-order chi connectivity index (χ1) is 9.34. The third kappa shape index (κ3) is 3.04. The lowest BCUT2D eigenvalue weighted by molar-refractivity contribution is -0.145. The number of benzene rings is 1. The van der Waals surface area contributed by atoms with Crippen molar-refractivity contribution in [2.24, 2.45) is 0 Å². The normalized spacial score (nSPS) is 15.1. The minimum Gasteiger partial charge on any atom is -0.476 e. The molecule has 0 bridgehead atoms. The zero-order valence-corrected chi connectivity index (χ0v) is 12.8. The summed E-state index contributed by atoms with van der Waals surface area (Å²) in [5, 5.41) is 0.554. The van der Waals surface area contributed by atoms with Crippen molar-refractivity contribution in [2.45, 2.75) is 26.6 Å². The first kappa shape index (κ1) is 15.1. The SMILES string of the molecule is CCOC(=O)COc1c(Cl)cc(Cl)c2c1OC(C)(C)O2. The topological polar surface area (TPSA) is 54.0 Å². The molecule has 0 unspecified atom stereocenters. The highest BCUT2D eigenvalue weighted by Crippen LogP contribution is 2.53. The molecule has 1 heterocycles. The van der Waals surface area contributed by atoms with Gasteiger partial charge in [0, 0.05) is 13.8 Å². The maximum atomic E-state index is 11.3. The van der Waals surface area contributed by atoms with Crippen molar-refractivity contribution in [3.8, 4) is 17.2 Å². The van der Waals surface area contributed by atoms with Gasteiger partial charge in [-0.25, -0.2) is 4.79 Å². The van der Waals surface area contributed by atoms with E-state index in [-0.39, 0.29) is 29.7 Å². The predicted octanol–water partition coefficient (Wildman–Crippen LogP) is 3.44. The second kappa shape index (κ2) is 5.58. The Morgan fingerprint density at radius 1 is 1.25 bits per heavy atom. The van der Waals surface area contributed by atoms with Crippen molar-refractivity contribution in [2.75, 3.05) is 13.2 Å². The highest BCUT2D eigenvalue weighted by atomic mass is 35.5. The monoisotopic (exact) mass is 320 g/mol. The highest BCUT2D eigenvalue weighted by Gasteiger charge is 2.37. The van der Waals surface area contributed by atoms with Gasteiger partial charge >= 0.3 is 5.97 Å². The van der Waals surface area contributed by atoms with Gasteiger partial charge in [-0.1, -0.05) is 23.2 Å². The summed E-state index contributed by atoms with van der Waals surface area (Å²) in [6.45, 7) is 5.18. The standard InChI is InChI=1S/C13H14Cl2O5/c1-4-17-9(16)6-18-10-7(14)5-8(15)11-12(10)20-13(2,3)19-11/h5H,4,6H2,1-3H3. The lowest BCUT2D eigenvalue weighted by Crippen LogP contribution is -2.29. The first-order valence-corrected chi connectivity index (χ1v) is 6.78. The summed E-state index contributed by atoms with van der Waals surface area (Å²) in [4.78, 5) is 11.3. The minimum absolute atomic E-state index is 0.213. The van der Waals surface area contributed by atoms with Gasteiger partial charge in [0.2, 0.25) is 11.5 Å². The number of rotatable bonds is 4. The van der Waals surface area contributed by atoms with Gasteiger partial charge in [-0.05, 0) is 13.0 Å². The number of hydrogen-bond acceptors (Lipinski definition) is 5. The van der Waals surface area contributed by atoms with E-state index in [1.54, 1.807) is 20.8 Å². The second-order valence-corrected chi connectivity index (χ2v) is 5.34. The van der Waals surface area contributed by atoms with Gasteiger partial charge in [0.15, 0.2) is 18.1 Å². The van der Waals surface area contributed by atoms with E-state index < -0.39 is 11.8 Å². The molecule has 1 aromatic carbocycles. The van der Waals surface area contributed by atoms with Crippen LogP contribution in [0.1, 0.15) is 20.8 Å². The zero-order valence-electron chi connectivity index (χ0n) is 11.3. The molecular weight excluding hydrogens is 307 g/mol. The van der Waals surface area contributed by atoms with E-state index in [2.05, 4.69) is 0 Å². The molecule has 0 spiro atoms. The van der Waals surface area contributed by atoms with E-state index in [0.717, 1.165) is 0 Å². The van der Waals surface area contributed by atoms with E-state index in [1.807, 2.05) is 0 Å². The summed E-state index contributed by atoms with van der Waals surface area (Å²) >= 11 is 12.1. The molecule has 110 valence electrons. The van der Waals surface area contributed by atoms with Crippen molar-refractivity contribution >= 4 is 29.2 Å². The summed E-state index contributed by atoms with van der Waals surface area (Å²) in [5.74, 6) is -0.523.